The monoisotopic (exact) mass is 289 g/mol. The molecule has 0 unspecified atom stereocenters. The second-order valence-corrected chi connectivity index (χ2v) is 4.85. The fraction of sp³-hybridized carbons (Fsp3) is 0.471. The molecule has 0 atom stereocenters. The van der Waals surface area contributed by atoms with Crippen molar-refractivity contribution >= 4 is 18.3 Å². The highest BCUT2D eigenvalue weighted by molar-refractivity contribution is 5.89. The van der Waals surface area contributed by atoms with Crippen LogP contribution in [0.4, 0.5) is 0 Å². The van der Waals surface area contributed by atoms with Crippen LogP contribution in [0.25, 0.3) is 6.08 Å². The van der Waals surface area contributed by atoms with Gasteiger partial charge in [-0.05, 0) is 37.5 Å². The zero-order valence-corrected chi connectivity index (χ0v) is 12.8. The summed E-state index contributed by atoms with van der Waals surface area (Å²) in [5.74, 6) is -0.402. The minimum Gasteiger partial charge on any atom is -0.463 e. The molecule has 0 saturated heterocycles. The van der Waals surface area contributed by atoms with Crippen LogP contribution in [0.5, 0.6) is 0 Å². The first-order valence-corrected chi connectivity index (χ1v) is 7.51. The van der Waals surface area contributed by atoms with Gasteiger partial charge >= 0.3 is 5.97 Å². The van der Waals surface area contributed by atoms with Gasteiger partial charge in [-0.15, -0.1) is 0 Å². The summed E-state index contributed by atoms with van der Waals surface area (Å²) in [4.78, 5) is 27.0. The van der Waals surface area contributed by atoms with Crippen LogP contribution in [-0.2, 0) is 16.0 Å². The molecular weight excluding hydrogens is 266 g/mol. The number of nitrogens with zero attached hydrogens (tertiary/aromatic N) is 1. The van der Waals surface area contributed by atoms with Crippen LogP contribution in [0.1, 0.15) is 61.3 Å². The van der Waals surface area contributed by atoms with Gasteiger partial charge in [0.1, 0.15) is 0 Å². The Balaban J connectivity index is 2.74. The molecule has 21 heavy (non-hydrogen) atoms. The zero-order chi connectivity index (χ0) is 15.5. The van der Waals surface area contributed by atoms with Gasteiger partial charge in [0, 0.05) is 17.3 Å². The molecule has 1 aromatic rings. The summed E-state index contributed by atoms with van der Waals surface area (Å²) in [5.41, 5.74) is 1.93. The topological polar surface area (TPSA) is 56.3 Å². The number of pyridine rings is 1. The van der Waals surface area contributed by atoms with Crippen LogP contribution < -0.4 is 0 Å². The molecule has 0 bridgehead atoms. The predicted molar refractivity (Wildman–Crippen MR) is 83.1 cm³/mol. The lowest BCUT2D eigenvalue weighted by atomic mass is 10.1. The van der Waals surface area contributed by atoms with Gasteiger partial charge in [0.2, 0.25) is 0 Å². The molecule has 1 heterocycles. The first kappa shape index (κ1) is 17.1. The number of hydrogen-bond acceptors (Lipinski definition) is 4. The van der Waals surface area contributed by atoms with E-state index in [4.69, 9.17) is 4.74 Å². The highest BCUT2D eigenvalue weighted by Gasteiger charge is 2.04. The van der Waals surface area contributed by atoms with Gasteiger partial charge in [0.25, 0.3) is 0 Å². The maximum atomic E-state index is 11.5. The fourth-order valence-corrected chi connectivity index (χ4v) is 1.77. The molecule has 114 valence electrons. The van der Waals surface area contributed by atoms with Crippen molar-refractivity contribution < 1.29 is 14.3 Å². The highest BCUT2D eigenvalue weighted by Crippen LogP contribution is 2.10. The SMILES string of the molecule is CCCCOC(=O)/C=C/c1nc(CCCC)ccc1C=O. The van der Waals surface area contributed by atoms with Crippen molar-refractivity contribution in [2.24, 2.45) is 0 Å². The van der Waals surface area contributed by atoms with Crippen molar-refractivity contribution in [1.29, 1.82) is 0 Å². The van der Waals surface area contributed by atoms with Gasteiger partial charge in [-0.25, -0.2) is 4.79 Å². The Morgan fingerprint density at radius 1 is 1.24 bits per heavy atom. The lowest BCUT2D eigenvalue weighted by Gasteiger charge is -2.04. The quantitative estimate of drug-likeness (QED) is 0.302. The van der Waals surface area contributed by atoms with Crippen molar-refractivity contribution in [3.8, 4) is 0 Å². The second-order valence-electron chi connectivity index (χ2n) is 4.85. The first-order chi connectivity index (χ1) is 10.2. The van der Waals surface area contributed by atoms with Crippen molar-refractivity contribution in [1.82, 2.24) is 4.98 Å². The lowest BCUT2D eigenvalue weighted by molar-refractivity contribution is -0.137. The zero-order valence-electron chi connectivity index (χ0n) is 12.8. The largest absolute Gasteiger partial charge is 0.463 e. The molecule has 0 aliphatic rings. The predicted octanol–water partition coefficient (Wildman–Crippen LogP) is 3.59. The van der Waals surface area contributed by atoms with E-state index in [2.05, 4.69) is 11.9 Å². The van der Waals surface area contributed by atoms with Crippen molar-refractivity contribution in [3.63, 3.8) is 0 Å². The van der Waals surface area contributed by atoms with Crippen molar-refractivity contribution in [2.45, 2.75) is 46.0 Å². The third-order valence-electron chi connectivity index (χ3n) is 3.05. The summed E-state index contributed by atoms with van der Waals surface area (Å²) in [6.07, 6.45) is 8.47. The Kier molecular flexibility index (Phi) is 8.02. The van der Waals surface area contributed by atoms with E-state index in [0.29, 0.717) is 17.9 Å². The first-order valence-electron chi connectivity index (χ1n) is 7.51. The summed E-state index contributed by atoms with van der Waals surface area (Å²) in [6.45, 7) is 4.57. The van der Waals surface area contributed by atoms with Crippen LogP contribution in [0.15, 0.2) is 18.2 Å². The fourth-order valence-electron chi connectivity index (χ4n) is 1.77. The van der Waals surface area contributed by atoms with Gasteiger partial charge < -0.3 is 4.74 Å². The van der Waals surface area contributed by atoms with E-state index < -0.39 is 5.97 Å². The standard InChI is InChI=1S/C17H23NO3/c1-3-5-7-15-9-8-14(13-19)16(18-15)10-11-17(20)21-12-6-4-2/h8-11,13H,3-7,12H2,1-2H3/b11-10+. The minimum atomic E-state index is -0.402. The van der Waals surface area contributed by atoms with E-state index in [0.717, 1.165) is 44.1 Å². The number of carbonyl (C=O) groups excluding carboxylic acids is 2. The number of aromatic nitrogens is 1. The Morgan fingerprint density at radius 3 is 2.67 bits per heavy atom. The molecule has 0 amide bonds. The van der Waals surface area contributed by atoms with E-state index in [1.807, 2.05) is 13.0 Å². The summed E-state index contributed by atoms with van der Waals surface area (Å²) in [6, 6.07) is 3.60. The number of hydrogen-bond donors (Lipinski definition) is 0. The number of aryl methyl sites for hydroxylation is 1. The molecule has 0 aromatic carbocycles. The number of rotatable bonds is 9. The molecule has 0 aliphatic heterocycles. The van der Waals surface area contributed by atoms with E-state index in [9.17, 15) is 9.59 Å². The van der Waals surface area contributed by atoms with Gasteiger partial charge in [-0.3, -0.25) is 9.78 Å². The molecule has 0 aliphatic carbocycles. The highest BCUT2D eigenvalue weighted by atomic mass is 16.5. The summed E-state index contributed by atoms with van der Waals surface area (Å²) < 4.78 is 5.03. The summed E-state index contributed by atoms with van der Waals surface area (Å²) in [5, 5.41) is 0. The van der Waals surface area contributed by atoms with Gasteiger partial charge in [0.15, 0.2) is 6.29 Å². The third-order valence-corrected chi connectivity index (χ3v) is 3.05. The number of unbranched alkanes of at least 4 members (excludes halogenated alkanes) is 2. The second kappa shape index (κ2) is 9.86. The molecule has 1 aromatic heterocycles. The van der Waals surface area contributed by atoms with E-state index in [1.165, 1.54) is 6.08 Å². The minimum absolute atomic E-state index is 0.402. The van der Waals surface area contributed by atoms with Gasteiger partial charge in [0.05, 0.1) is 12.3 Å². The van der Waals surface area contributed by atoms with E-state index >= 15 is 0 Å². The Bertz CT molecular complexity index is 495. The molecule has 0 N–H and O–H groups in total. The molecule has 1 rings (SSSR count). The number of carbonyl (C=O) groups is 2. The number of esters is 1. The van der Waals surface area contributed by atoms with Crippen LogP contribution in [0, 0.1) is 0 Å². The number of ether oxygens (including phenoxy) is 1. The lowest BCUT2D eigenvalue weighted by Crippen LogP contribution is -2.02. The van der Waals surface area contributed by atoms with Gasteiger partial charge in [-0.1, -0.05) is 26.7 Å². The maximum Gasteiger partial charge on any atom is 0.330 e. The van der Waals surface area contributed by atoms with Crippen LogP contribution in [-0.4, -0.2) is 23.8 Å². The van der Waals surface area contributed by atoms with Crippen molar-refractivity contribution in [3.05, 3.63) is 35.2 Å². The molecular formula is C17H23NO3. The average Bonchev–Trinajstić information content (AvgIpc) is 2.51. The molecule has 0 fully saturated rings. The molecule has 4 nitrogen and oxygen atoms in total. The number of aldehydes is 1. The van der Waals surface area contributed by atoms with Crippen LogP contribution in [0.2, 0.25) is 0 Å². The third kappa shape index (κ3) is 6.34. The Labute approximate surface area is 126 Å². The molecule has 4 heteroatoms. The molecule has 0 radical (unpaired) electrons. The van der Waals surface area contributed by atoms with Crippen molar-refractivity contribution in [2.75, 3.05) is 6.61 Å². The van der Waals surface area contributed by atoms with Crippen LogP contribution >= 0.6 is 0 Å². The normalized spacial score (nSPS) is 10.8. The van der Waals surface area contributed by atoms with E-state index in [-0.39, 0.29) is 0 Å². The average molecular weight is 289 g/mol. The van der Waals surface area contributed by atoms with Gasteiger partial charge in [-0.2, -0.15) is 0 Å². The Hall–Kier alpha value is -1.97. The summed E-state index contributed by atoms with van der Waals surface area (Å²) >= 11 is 0. The van der Waals surface area contributed by atoms with Crippen LogP contribution in [0.3, 0.4) is 0 Å². The Morgan fingerprint density at radius 2 is 2.00 bits per heavy atom. The van der Waals surface area contributed by atoms with E-state index in [1.54, 1.807) is 12.1 Å². The summed E-state index contributed by atoms with van der Waals surface area (Å²) in [7, 11) is 0. The smallest absolute Gasteiger partial charge is 0.330 e. The maximum absolute atomic E-state index is 11.5. The molecule has 0 spiro atoms. The molecule has 0 saturated carbocycles.